The van der Waals surface area contributed by atoms with Crippen LogP contribution in [0.1, 0.15) is 11.1 Å². The quantitative estimate of drug-likeness (QED) is 0.647. The molecule has 2 aromatic carbocycles. The van der Waals surface area contributed by atoms with E-state index in [0.717, 1.165) is 0 Å². The van der Waals surface area contributed by atoms with Gasteiger partial charge in [0, 0.05) is 21.2 Å². The second-order valence-electron chi connectivity index (χ2n) is 6.05. The van der Waals surface area contributed by atoms with Crippen LogP contribution < -0.4 is 0 Å². The van der Waals surface area contributed by atoms with Gasteiger partial charge in [-0.3, -0.25) is 10.0 Å². The second-order valence-corrected chi connectivity index (χ2v) is 7.73. The van der Waals surface area contributed by atoms with Gasteiger partial charge in [0.05, 0.1) is 48.7 Å². The van der Waals surface area contributed by atoms with Crippen LogP contribution >= 0.6 is 46.4 Å². The predicted molar refractivity (Wildman–Crippen MR) is 115 cm³/mol. The first-order chi connectivity index (χ1) is 13.3. The largest absolute Gasteiger partial charge is 0.506 e. The molecule has 1 heterocycles. The average molecular weight is 462 g/mol. The number of phenolic OH excluding ortho intramolecular Hbond substituents is 2. The van der Waals surface area contributed by atoms with Gasteiger partial charge in [-0.05, 0) is 24.3 Å². The van der Waals surface area contributed by atoms with Crippen LogP contribution in [0.4, 0.5) is 0 Å². The summed E-state index contributed by atoms with van der Waals surface area (Å²) in [5.74, 6) is -0.115. The zero-order valence-electron chi connectivity index (χ0n) is 14.5. The van der Waals surface area contributed by atoms with Crippen molar-refractivity contribution in [3.05, 3.63) is 55.5 Å². The van der Waals surface area contributed by atoms with E-state index < -0.39 is 0 Å². The van der Waals surface area contributed by atoms with Crippen LogP contribution in [0.3, 0.4) is 0 Å². The van der Waals surface area contributed by atoms with E-state index in [2.05, 4.69) is 10.2 Å². The van der Waals surface area contributed by atoms with E-state index in [1.807, 2.05) is 10.0 Å². The number of piperazine rings is 1. The molecule has 1 saturated heterocycles. The van der Waals surface area contributed by atoms with Crippen molar-refractivity contribution in [1.82, 2.24) is 10.0 Å². The second kappa shape index (κ2) is 9.09. The number of nitrogens with zero attached hydrogens (tertiary/aromatic N) is 4. The predicted octanol–water partition coefficient (Wildman–Crippen LogP) is 4.70. The molecule has 148 valence electrons. The molecule has 0 radical (unpaired) electrons. The highest BCUT2D eigenvalue weighted by Gasteiger charge is 2.14. The van der Waals surface area contributed by atoms with Crippen molar-refractivity contribution < 1.29 is 10.2 Å². The van der Waals surface area contributed by atoms with Crippen LogP contribution in [0.5, 0.6) is 11.5 Å². The molecule has 6 nitrogen and oxygen atoms in total. The van der Waals surface area contributed by atoms with E-state index in [9.17, 15) is 10.2 Å². The number of aromatic hydroxyl groups is 2. The Morgan fingerprint density at radius 1 is 0.679 bits per heavy atom. The number of phenols is 2. The van der Waals surface area contributed by atoms with E-state index in [4.69, 9.17) is 46.4 Å². The van der Waals surface area contributed by atoms with Gasteiger partial charge >= 0.3 is 0 Å². The molecule has 28 heavy (non-hydrogen) atoms. The van der Waals surface area contributed by atoms with Gasteiger partial charge in [0.25, 0.3) is 0 Å². The van der Waals surface area contributed by atoms with Crippen molar-refractivity contribution >= 4 is 58.8 Å². The Hall–Kier alpha value is -1.86. The number of hydrogen-bond donors (Lipinski definition) is 2. The Bertz CT molecular complexity index is 853. The van der Waals surface area contributed by atoms with Gasteiger partial charge in [-0.25, -0.2) is 0 Å². The molecule has 0 saturated carbocycles. The summed E-state index contributed by atoms with van der Waals surface area (Å²) in [5, 5.41) is 33.6. The zero-order chi connectivity index (χ0) is 20.3. The standard InChI is InChI=1S/C18H16Cl4N4O2/c19-13-5-11(17(27)15(21)7-13)9-23-25-1-2-26(4-3-25)24-10-12-6-14(20)8-16(22)18(12)28/h5-10,27-28H,1-4H2. The summed E-state index contributed by atoms with van der Waals surface area (Å²) in [7, 11) is 0. The van der Waals surface area contributed by atoms with Crippen molar-refractivity contribution in [3.8, 4) is 11.5 Å². The minimum absolute atomic E-state index is 0.0574. The van der Waals surface area contributed by atoms with Crippen LogP contribution in [0.25, 0.3) is 0 Å². The first-order valence-corrected chi connectivity index (χ1v) is 9.78. The van der Waals surface area contributed by atoms with E-state index in [1.54, 1.807) is 12.1 Å². The Morgan fingerprint density at radius 2 is 1.04 bits per heavy atom. The summed E-state index contributed by atoms with van der Waals surface area (Å²) in [6.45, 7) is 2.52. The molecule has 0 spiro atoms. The smallest absolute Gasteiger partial charge is 0.143 e. The van der Waals surface area contributed by atoms with Gasteiger partial charge in [0.2, 0.25) is 0 Å². The van der Waals surface area contributed by atoms with Gasteiger partial charge in [-0.2, -0.15) is 10.2 Å². The molecule has 0 amide bonds. The van der Waals surface area contributed by atoms with E-state index in [1.165, 1.54) is 24.6 Å². The van der Waals surface area contributed by atoms with E-state index in [0.29, 0.717) is 47.4 Å². The molecule has 0 aromatic heterocycles. The summed E-state index contributed by atoms with van der Waals surface area (Å²) >= 11 is 23.7. The van der Waals surface area contributed by atoms with E-state index in [-0.39, 0.29) is 21.5 Å². The summed E-state index contributed by atoms with van der Waals surface area (Å²) in [4.78, 5) is 0. The Labute approximate surface area is 182 Å². The molecular formula is C18H16Cl4N4O2. The maximum atomic E-state index is 9.97. The fourth-order valence-corrected chi connectivity index (χ4v) is 3.59. The Morgan fingerprint density at radius 3 is 1.39 bits per heavy atom. The Kier molecular flexibility index (Phi) is 6.78. The number of hydrazone groups is 2. The maximum absolute atomic E-state index is 9.97. The van der Waals surface area contributed by atoms with Gasteiger partial charge in [0.15, 0.2) is 0 Å². The molecule has 3 rings (SSSR count). The average Bonchev–Trinajstić information content (AvgIpc) is 2.66. The lowest BCUT2D eigenvalue weighted by Gasteiger charge is -2.31. The normalized spacial score (nSPS) is 15.1. The Balaban J connectivity index is 1.59. The minimum atomic E-state index is -0.0574. The van der Waals surface area contributed by atoms with Crippen molar-refractivity contribution in [3.63, 3.8) is 0 Å². The van der Waals surface area contributed by atoms with E-state index >= 15 is 0 Å². The lowest BCUT2D eigenvalue weighted by Crippen LogP contribution is -2.41. The zero-order valence-corrected chi connectivity index (χ0v) is 17.5. The van der Waals surface area contributed by atoms with Gasteiger partial charge in [-0.1, -0.05) is 46.4 Å². The monoisotopic (exact) mass is 460 g/mol. The summed E-state index contributed by atoms with van der Waals surface area (Å²) in [6.07, 6.45) is 3.05. The molecule has 1 aliphatic rings. The third-order valence-electron chi connectivity index (χ3n) is 4.07. The molecule has 0 bridgehead atoms. The van der Waals surface area contributed by atoms with Crippen LogP contribution in [0, 0.1) is 0 Å². The summed E-state index contributed by atoms with van der Waals surface area (Å²) in [5.41, 5.74) is 0.900. The number of rotatable bonds is 4. The first kappa shape index (κ1) is 20.9. The summed E-state index contributed by atoms with van der Waals surface area (Å²) in [6, 6.07) is 6.12. The van der Waals surface area contributed by atoms with Crippen molar-refractivity contribution in [2.24, 2.45) is 10.2 Å². The highest BCUT2D eigenvalue weighted by molar-refractivity contribution is 6.36. The molecule has 0 atom stereocenters. The molecule has 10 heteroatoms. The topological polar surface area (TPSA) is 71.7 Å². The van der Waals surface area contributed by atoms with Crippen LogP contribution in [0.15, 0.2) is 34.5 Å². The first-order valence-electron chi connectivity index (χ1n) is 8.27. The van der Waals surface area contributed by atoms with Crippen LogP contribution in [-0.4, -0.2) is 58.8 Å². The minimum Gasteiger partial charge on any atom is -0.506 e. The van der Waals surface area contributed by atoms with Crippen molar-refractivity contribution in [2.45, 2.75) is 0 Å². The molecule has 1 fully saturated rings. The highest BCUT2D eigenvalue weighted by Crippen LogP contribution is 2.31. The molecule has 2 N–H and O–H groups in total. The SMILES string of the molecule is Oc1c(Cl)cc(Cl)cc1C=NN1CCN(N=Cc2cc(Cl)cc(Cl)c2O)CC1. The fourth-order valence-electron chi connectivity index (χ4n) is 2.57. The highest BCUT2D eigenvalue weighted by atomic mass is 35.5. The molecule has 0 unspecified atom stereocenters. The van der Waals surface area contributed by atoms with Gasteiger partial charge < -0.3 is 10.2 Å². The number of hydrogen-bond acceptors (Lipinski definition) is 6. The van der Waals surface area contributed by atoms with Crippen LogP contribution in [0.2, 0.25) is 20.1 Å². The fraction of sp³-hybridized carbons (Fsp3) is 0.222. The lowest BCUT2D eigenvalue weighted by atomic mass is 10.2. The molecule has 0 aliphatic carbocycles. The van der Waals surface area contributed by atoms with Crippen molar-refractivity contribution in [1.29, 1.82) is 0 Å². The van der Waals surface area contributed by atoms with Gasteiger partial charge in [-0.15, -0.1) is 0 Å². The maximum Gasteiger partial charge on any atom is 0.143 e. The molecule has 1 aliphatic heterocycles. The third kappa shape index (κ3) is 5.14. The third-order valence-corrected chi connectivity index (χ3v) is 5.08. The summed E-state index contributed by atoms with van der Waals surface area (Å²) < 4.78 is 0. The lowest BCUT2D eigenvalue weighted by molar-refractivity contribution is 0.141. The number of halogens is 4. The molecule has 2 aromatic rings. The van der Waals surface area contributed by atoms with Crippen molar-refractivity contribution in [2.75, 3.05) is 26.2 Å². The van der Waals surface area contributed by atoms with Crippen LogP contribution in [-0.2, 0) is 0 Å². The number of benzene rings is 2. The van der Waals surface area contributed by atoms with Gasteiger partial charge in [0.1, 0.15) is 11.5 Å². The molecular weight excluding hydrogens is 446 g/mol.